The molecule has 1 fully saturated rings. The van der Waals surface area contributed by atoms with E-state index in [2.05, 4.69) is 13.5 Å². The van der Waals surface area contributed by atoms with Gasteiger partial charge in [0.25, 0.3) is 0 Å². The SMILES string of the molecule is C=C(c1ccc(C(=O)OC)cc1)[C@@]1(CCCCCC)[C@H](C)C1(C(=O)OC)C(=O)OC. The van der Waals surface area contributed by atoms with Gasteiger partial charge in [-0.25, -0.2) is 4.79 Å². The first-order valence-corrected chi connectivity index (χ1v) is 10.3. The molecule has 2 atom stereocenters. The molecule has 0 N–H and O–H groups in total. The van der Waals surface area contributed by atoms with Gasteiger partial charge in [0.05, 0.1) is 26.9 Å². The van der Waals surface area contributed by atoms with Crippen LogP contribution in [0.1, 0.15) is 61.9 Å². The average Bonchev–Trinajstić information content (AvgIpc) is 3.34. The van der Waals surface area contributed by atoms with Crippen LogP contribution in [0.25, 0.3) is 5.57 Å². The molecule has 0 unspecified atom stereocenters. The molecule has 0 amide bonds. The highest BCUT2D eigenvalue weighted by molar-refractivity contribution is 6.09. The number of ether oxygens (including phenoxy) is 3. The van der Waals surface area contributed by atoms with E-state index >= 15 is 0 Å². The fraction of sp³-hybridized carbons (Fsp3) is 0.542. The first-order chi connectivity index (χ1) is 14.3. The van der Waals surface area contributed by atoms with E-state index < -0.39 is 28.7 Å². The third kappa shape index (κ3) is 3.53. The van der Waals surface area contributed by atoms with Crippen molar-refractivity contribution < 1.29 is 28.6 Å². The smallest absolute Gasteiger partial charge is 0.337 e. The van der Waals surface area contributed by atoms with Crippen LogP contribution in [0.3, 0.4) is 0 Å². The number of hydrogen-bond acceptors (Lipinski definition) is 6. The third-order valence-electron chi connectivity index (χ3n) is 6.64. The molecule has 0 aromatic heterocycles. The second-order valence-electron chi connectivity index (χ2n) is 7.84. The number of carbonyl (C=O) groups excluding carboxylic acids is 3. The quantitative estimate of drug-likeness (QED) is 0.243. The van der Waals surface area contributed by atoms with Crippen molar-refractivity contribution in [3.63, 3.8) is 0 Å². The van der Waals surface area contributed by atoms with Gasteiger partial charge in [0, 0.05) is 5.41 Å². The van der Waals surface area contributed by atoms with E-state index in [0.29, 0.717) is 17.6 Å². The predicted molar refractivity (Wildman–Crippen MR) is 114 cm³/mol. The van der Waals surface area contributed by atoms with Gasteiger partial charge in [-0.2, -0.15) is 0 Å². The van der Waals surface area contributed by atoms with Gasteiger partial charge in [0.2, 0.25) is 0 Å². The summed E-state index contributed by atoms with van der Waals surface area (Å²) in [5, 5.41) is 0. The van der Waals surface area contributed by atoms with Gasteiger partial charge >= 0.3 is 17.9 Å². The van der Waals surface area contributed by atoms with Gasteiger partial charge in [0.15, 0.2) is 5.41 Å². The van der Waals surface area contributed by atoms with Crippen LogP contribution in [-0.2, 0) is 23.8 Å². The van der Waals surface area contributed by atoms with Crippen LogP contribution < -0.4 is 0 Å². The van der Waals surface area contributed by atoms with Crippen LogP contribution in [0.5, 0.6) is 0 Å². The van der Waals surface area contributed by atoms with Crippen molar-refractivity contribution in [1.29, 1.82) is 0 Å². The summed E-state index contributed by atoms with van der Waals surface area (Å²) in [4.78, 5) is 37.6. The van der Waals surface area contributed by atoms with E-state index in [1.54, 1.807) is 24.3 Å². The Bertz CT molecular complexity index is 793. The summed E-state index contributed by atoms with van der Waals surface area (Å²) in [7, 11) is 3.90. The Hall–Kier alpha value is -2.63. The van der Waals surface area contributed by atoms with Gasteiger partial charge in [-0.05, 0) is 35.6 Å². The summed E-state index contributed by atoms with van der Waals surface area (Å²) in [6.07, 6.45) is 4.63. The number of rotatable bonds is 10. The molecule has 164 valence electrons. The van der Waals surface area contributed by atoms with Crippen LogP contribution >= 0.6 is 0 Å². The summed E-state index contributed by atoms with van der Waals surface area (Å²) in [6, 6.07) is 6.85. The van der Waals surface area contributed by atoms with Crippen LogP contribution in [0.15, 0.2) is 30.8 Å². The fourth-order valence-corrected chi connectivity index (χ4v) is 4.94. The molecule has 1 saturated carbocycles. The molecule has 30 heavy (non-hydrogen) atoms. The molecule has 6 heteroatoms. The standard InChI is InChI=1S/C24H32O6/c1-7-8-9-10-15-23(17(3)24(23,21(26)29-5)22(27)30-6)16(2)18-11-13-19(14-12-18)20(25)28-4/h11-14,17H,2,7-10,15H2,1,3-6H3/t17-,23-/m0/s1. The number of allylic oxidation sites excluding steroid dienone is 1. The lowest BCUT2D eigenvalue weighted by Gasteiger charge is -2.25. The van der Waals surface area contributed by atoms with Crippen LogP contribution in [0, 0.1) is 16.7 Å². The number of esters is 3. The van der Waals surface area contributed by atoms with Crippen molar-refractivity contribution in [3.8, 4) is 0 Å². The molecule has 1 aromatic rings. The van der Waals surface area contributed by atoms with Crippen LogP contribution in [0.2, 0.25) is 0 Å². The minimum Gasteiger partial charge on any atom is -0.468 e. The highest BCUT2D eigenvalue weighted by atomic mass is 16.5. The monoisotopic (exact) mass is 416 g/mol. The molecular weight excluding hydrogens is 384 g/mol. The van der Waals surface area contributed by atoms with Crippen molar-refractivity contribution in [2.75, 3.05) is 21.3 Å². The number of benzene rings is 1. The van der Waals surface area contributed by atoms with E-state index in [0.717, 1.165) is 31.2 Å². The maximum absolute atomic E-state index is 12.9. The molecule has 0 saturated heterocycles. The van der Waals surface area contributed by atoms with Crippen LogP contribution in [-0.4, -0.2) is 39.2 Å². The Balaban J connectivity index is 2.49. The predicted octanol–water partition coefficient (Wildman–Crippen LogP) is 4.43. The zero-order valence-electron chi connectivity index (χ0n) is 18.6. The minimum absolute atomic E-state index is 0.320. The lowest BCUT2D eigenvalue weighted by atomic mass is 9.78. The molecule has 1 aliphatic rings. The largest absolute Gasteiger partial charge is 0.468 e. The lowest BCUT2D eigenvalue weighted by Crippen LogP contribution is -2.35. The molecule has 0 heterocycles. The highest BCUT2D eigenvalue weighted by Crippen LogP contribution is 2.77. The summed E-state index contributed by atoms with van der Waals surface area (Å²) in [5.41, 5.74) is -0.352. The molecule has 1 aliphatic carbocycles. The first-order valence-electron chi connectivity index (χ1n) is 10.3. The molecule has 1 aromatic carbocycles. The van der Waals surface area contributed by atoms with E-state index in [9.17, 15) is 14.4 Å². The van der Waals surface area contributed by atoms with E-state index in [-0.39, 0.29) is 5.92 Å². The highest BCUT2D eigenvalue weighted by Gasteiger charge is 2.84. The zero-order chi connectivity index (χ0) is 22.5. The summed E-state index contributed by atoms with van der Waals surface area (Å²) < 4.78 is 14.9. The number of unbranched alkanes of at least 4 members (excludes halogenated alkanes) is 3. The molecule has 0 aliphatic heterocycles. The van der Waals surface area contributed by atoms with E-state index in [1.165, 1.54) is 21.3 Å². The summed E-state index contributed by atoms with van der Waals surface area (Å²) >= 11 is 0. The summed E-state index contributed by atoms with van der Waals surface area (Å²) in [5.74, 6) is -1.94. The Morgan fingerprint density at radius 3 is 1.90 bits per heavy atom. The van der Waals surface area contributed by atoms with Gasteiger partial charge in [-0.3, -0.25) is 9.59 Å². The topological polar surface area (TPSA) is 78.9 Å². The number of carbonyl (C=O) groups is 3. The lowest BCUT2D eigenvalue weighted by molar-refractivity contribution is -0.163. The normalized spacial score (nSPS) is 21.4. The molecule has 0 spiro atoms. The zero-order valence-corrected chi connectivity index (χ0v) is 18.6. The Kier molecular flexibility index (Phi) is 7.45. The summed E-state index contributed by atoms with van der Waals surface area (Å²) in [6.45, 7) is 8.31. The molecule has 0 bridgehead atoms. The van der Waals surface area contributed by atoms with Crippen molar-refractivity contribution in [3.05, 3.63) is 42.0 Å². The van der Waals surface area contributed by atoms with Crippen molar-refractivity contribution in [1.82, 2.24) is 0 Å². The Morgan fingerprint density at radius 2 is 1.43 bits per heavy atom. The average molecular weight is 417 g/mol. The van der Waals surface area contributed by atoms with Crippen LogP contribution in [0.4, 0.5) is 0 Å². The number of methoxy groups -OCH3 is 3. The van der Waals surface area contributed by atoms with Gasteiger partial charge in [-0.15, -0.1) is 0 Å². The number of hydrogen-bond donors (Lipinski definition) is 0. The maximum atomic E-state index is 12.9. The van der Waals surface area contributed by atoms with Crippen molar-refractivity contribution >= 4 is 23.5 Å². The Labute approximate surface area is 178 Å². The van der Waals surface area contributed by atoms with Gasteiger partial charge in [0.1, 0.15) is 0 Å². The van der Waals surface area contributed by atoms with Crippen molar-refractivity contribution in [2.24, 2.45) is 16.7 Å². The Morgan fingerprint density at radius 1 is 0.900 bits per heavy atom. The fourth-order valence-electron chi connectivity index (χ4n) is 4.94. The second-order valence-corrected chi connectivity index (χ2v) is 7.84. The molecule has 0 radical (unpaired) electrons. The van der Waals surface area contributed by atoms with Gasteiger partial charge in [-0.1, -0.05) is 58.2 Å². The minimum atomic E-state index is -1.42. The van der Waals surface area contributed by atoms with Gasteiger partial charge < -0.3 is 14.2 Å². The van der Waals surface area contributed by atoms with E-state index in [1.807, 2.05) is 6.92 Å². The molecular formula is C24H32O6. The molecule has 6 nitrogen and oxygen atoms in total. The third-order valence-corrected chi connectivity index (χ3v) is 6.64. The van der Waals surface area contributed by atoms with Crippen molar-refractivity contribution in [2.45, 2.75) is 46.0 Å². The molecule has 2 rings (SSSR count). The maximum Gasteiger partial charge on any atom is 0.337 e. The second kappa shape index (κ2) is 9.45. The van der Waals surface area contributed by atoms with E-state index in [4.69, 9.17) is 14.2 Å². The first kappa shape index (κ1) is 23.6.